The highest BCUT2D eigenvalue weighted by Gasteiger charge is 2.13. The number of aryl methyl sites for hydroxylation is 1. The number of nitriles is 2. The van der Waals surface area contributed by atoms with Gasteiger partial charge in [0.2, 0.25) is 7.98 Å². The summed E-state index contributed by atoms with van der Waals surface area (Å²) in [4.78, 5) is 6.62. The molecule has 0 aliphatic rings. The minimum atomic E-state index is 0.383. The van der Waals surface area contributed by atoms with Crippen molar-refractivity contribution in [1.82, 2.24) is 4.98 Å². The molecule has 2 aromatic carbocycles. The van der Waals surface area contributed by atoms with Crippen LogP contribution in [-0.2, 0) is 13.2 Å². The number of benzene rings is 2. The molecule has 5 nitrogen and oxygen atoms in total. The van der Waals surface area contributed by atoms with Gasteiger partial charge in [-0.3, -0.25) is 4.98 Å². The van der Waals surface area contributed by atoms with Gasteiger partial charge in [0, 0.05) is 18.4 Å². The van der Waals surface area contributed by atoms with Gasteiger partial charge in [-0.15, -0.1) is 0 Å². The number of hydrogen-bond donors (Lipinski definition) is 0. The SMILES string of the molecule is BN(Cc1cnc(C)c(OCc2cccc(C#N)c2)c1C)c1ccc(C#N)cc1. The predicted molar refractivity (Wildman–Crippen MR) is 115 cm³/mol. The van der Waals surface area contributed by atoms with Crippen molar-refractivity contribution in [3.05, 3.63) is 88.2 Å². The van der Waals surface area contributed by atoms with Gasteiger partial charge in [-0.25, -0.2) is 0 Å². The minimum absolute atomic E-state index is 0.383. The number of aromatic nitrogens is 1. The fourth-order valence-corrected chi connectivity index (χ4v) is 3.14. The quantitative estimate of drug-likeness (QED) is 0.612. The first-order valence-corrected chi connectivity index (χ1v) is 9.30. The van der Waals surface area contributed by atoms with Crippen LogP contribution in [0.15, 0.2) is 54.7 Å². The van der Waals surface area contributed by atoms with Gasteiger partial charge < -0.3 is 9.55 Å². The molecule has 0 N–H and O–H groups in total. The van der Waals surface area contributed by atoms with Gasteiger partial charge in [-0.05, 0) is 66.9 Å². The maximum Gasteiger partial charge on any atom is 0.217 e. The fourth-order valence-electron chi connectivity index (χ4n) is 3.14. The summed E-state index contributed by atoms with van der Waals surface area (Å²) in [6.45, 7) is 5.03. The maximum absolute atomic E-state index is 9.06. The normalized spacial score (nSPS) is 10.1. The van der Waals surface area contributed by atoms with E-state index in [0.29, 0.717) is 24.3 Å². The summed E-state index contributed by atoms with van der Waals surface area (Å²) in [6.07, 6.45) is 1.88. The topological polar surface area (TPSA) is 72.9 Å². The van der Waals surface area contributed by atoms with Crippen molar-refractivity contribution < 1.29 is 4.74 Å². The molecule has 0 saturated carbocycles. The van der Waals surface area contributed by atoms with Crippen LogP contribution in [0.25, 0.3) is 0 Å². The third-order valence-electron chi connectivity index (χ3n) is 4.85. The lowest BCUT2D eigenvalue weighted by molar-refractivity contribution is 0.300. The number of nitrogens with zero attached hydrogens (tertiary/aromatic N) is 4. The number of rotatable bonds is 6. The smallest absolute Gasteiger partial charge is 0.217 e. The lowest BCUT2D eigenvalue weighted by Crippen LogP contribution is -2.19. The molecule has 3 aromatic rings. The van der Waals surface area contributed by atoms with Crippen LogP contribution in [-0.4, -0.2) is 13.0 Å². The second kappa shape index (κ2) is 8.95. The molecule has 1 aromatic heterocycles. The molecule has 3 rings (SSSR count). The summed E-state index contributed by atoms with van der Waals surface area (Å²) in [6, 6.07) is 19.2. The van der Waals surface area contributed by atoms with Crippen LogP contribution in [0.5, 0.6) is 5.75 Å². The Morgan fingerprint density at radius 2 is 1.76 bits per heavy atom. The van der Waals surface area contributed by atoms with Crippen molar-refractivity contribution in [2.24, 2.45) is 0 Å². The molecule has 6 heteroatoms. The Hall–Kier alpha value is -3.77. The van der Waals surface area contributed by atoms with Crippen LogP contribution < -0.4 is 9.55 Å². The van der Waals surface area contributed by atoms with Crippen molar-refractivity contribution in [2.45, 2.75) is 27.0 Å². The maximum atomic E-state index is 9.06. The van der Waals surface area contributed by atoms with E-state index < -0.39 is 0 Å². The van der Waals surface area contributed by atoms with Crippen molar-refractivity contribution >= 4 is 13.7 Å². The van der Waals surface area contributed by atoms with E-state index in [1.54, 1.807) is 6.07 Å². The van der Waals surface area contributed by atoms with Crippen LogP contribution in [0.4, 0.5) is 5.69 Å². The molecule has 0 atom stereocenters. The summed E-state index contributed by atoms with van der Waals surface area (Å²) in [5.74, 6) is 0.776. The monoisotopic (exact) mass is 380 g/mol. The zero-order chi connectivity index (χ0) is 20.8. The zero-order valence-electron chi connectivity index (χ0n) is 16.8. The van der Waals surface area contributed by atoms with Crippen LogP contribution in [0.1, 0.15) is 33.5 Å². The Bertz CT molecular complexity index is 1100. The molecule has 0 fully saturated rings. The number of ether oxygens (including phenoxy) is 1. The van der Waals surface area contributed by atoms with E-state index in [2.05, 4.69) is 21.9 Å². The van der Waals surface area contributed by atoms with Gasteiger partial charge in [0.15, 0.2) is 0 Å². The molecule has 0 saturated heterocycles. The molecule has 0 aliphatic carbocycles. The second-order valence-electron chi connectivity index (χ2n) is 6.94. The highest BCUT2D eigenvalue weighted by Crippen LogP contribution is 2.27. The lowest BCUT2D eigenvalue weighted by Gasteiger charge is -2.22. The highest BCUT2D eigenvalue weighted by atomic mass is 16.5. The summed E-state index contributed by atoms with van der Waals surface area (Å²) in [5, 5.41) is 18.0. The second-order valence-corrected chi connectivity index (χ2v) is 6.94. The van der Waals surface area contributed by atoms with E-state index in [1.165, 1.54) is 0 Å². The van der Waals surface area contributed by atoms with E-state index in [9.17, 15) is 0 Å². The third-order valence-corrected chi connectivity index (χ3v) is 4.85. The fraction of sp³-hybridized carbons (Fsp3) is 0.174. The lowest BCUT2D eigenvalue weighted by atomic mass is 10.1. The molecule has 142 valence electrons. The molecule has 0 unspecified atom stereocenters. The molecule has 0 radical (unpaired) electrons. The summed E-state index contributed by atoms with van der Waals surface area (Å²) in [5.41, 5.74) is 6.20. The first-order valence-electron chi connectivity index (χ1n) is 9.30. The number of pyridine rings is 1. The summed E-state index contributed by atoms with van der Waals surface area (Å²) < 4.78 is 6.08. The Labute approximate surface area is 172 Å². The van der Waals surface area contributed by atoms with E-state index in [-0.39, 0.29) is 0 Å². The van der Waals surface area contributed by atoms with Crippen molar-refractivity contribution in [1.29, 1.82) is 10.5 Å². The van der Waals surface area contributed by atoms with Crippen molar-refractivity contribution in [3.63, 3.8) is 0 Å². The van der Waals surface area contributed by atoms with Crippen molar-refractivity contribution in [3.8, 4) is 17.9 Å². The van der Waals surface area contributed by atoms with Crippen molar-refractivity contribution in [2.75, 3.05) is 4.81 Å². The molecule has 0 amide bonds. The minimum Gasteiger partial charge on any atom is -0.487 e. The third kappa shape index (κ3) is 4.75. The van der Waals surface area contributed by atoms with Crippen LogP contribution in [0.2, 0.25) is 0 Å². The molecule has 0 spiro atoms. The van der Waals surface area contributed by atoms with E-state index in [4.69, 9.17) is 15.3 Å². The van der Waals surface area contributed by atoms with Gasteiger partial charge in [0.25, 0.3) is 0 Å². The Balaban J connectivity index is 1.77. The first-order chi connectivity index (χ1) is 14.0. The summed E-state index contributed by atoms with van der Waals surface area (Å²) in [7, 11) is 2.01. The standard InChI is InChI=1S/C23H21BN4O/c1-16-21(14-28(24)22-8-6-18(11-25)7-9-22)13-27-17(2)23(16)29-15-20-5-3-4-19(10-20)12-26/h3-10,13H,14-15,24H2,1-2H3. The molecule has 29 heavy (non-hydrogen) atoms. The predicted octanol–water partition coefficient (Wildman–Crippen LogP) is 3.58. The van der Waals surface area contributed by atoms with Gasteiger partial charge in [-0.1, -0.05) is 12.1 Å². The Kier molecular flexibility index (Phi) is 6.17. The average Bonchev–Trinajstić information content (AvgIpc) is 2.75. The molecule has 0 aliphatic heterocycles. The van der Waals surface area contributed by atoms with Gasteiger partial charge in [0.1, 0.15) is 12.4 Å². The average molecular weight is 380 g/mol. The van der Waals surface area contributed by atoms with Gasteiger partial charge in [-0.2, -0.15) is 10.5 Å². The van der Waals surface area contributed by atoms with Crippen LogP contribution >= 0.6 is 0 Å². The molecular formula is C23H21BN4O. The Morgan fingerprint density at radius 1 is 1.03 bits per heavy atom. The molecular weight excluding hydrogens is 359 g/mol. The number of hydrogen-bond acceptors (Lipinski definition) is 5. The van der Waals surface area contributed by atoms with Crippen LogP contribution in [0, 0.1) is 36.5 Å². The van der Waals surface area contributed by atoms with E-state index >= 15 is 0 Å². The molecule has 0 bridgehead atoms. The summed E-state index contributed by atoms with van der Waals surface area (Å²) >= 11 is 0. The largest absolute Gasteiger partial charge is 0.487 e. The van der Waals surface area contributed by atoms with Gasteiger partial charge >= 0.3 is 0 Å². The number of anilines is 1. The van der Waals surface area contributed by atoms with E-state index in [1.807, 2.05) is 70.5 Å². The molecule has 1 heterocycles. The highest BCUT2D eigenvalue weighted by molar-refractivity contribution is 6.17. The Morgan fingerprint density at radius 3 is 2.45 bits per heavy atom. The first kappa shape index (κ1) is 20.0. The van der Waals surface area contributed by atoms with Gasteiger partial charge in [0.05, 0.1) is 29.0 Å². The van der Waals surface area contributed by atoms with E-state index in [0.717, 1.165) is 33.8 Å². The zero-order valence-corrected chi connectivity index (χ0v) is 16.8. The van der Waals surface area contributed by atoms with Crippen LogP contribution in [0.3, 0.4) is 0 Å².